The minimum Gasteiger partial charge on any atom is -0.495 e. The van der Waals surface area contributed by atoms with Crippen molar-refractivity contribution in [3.05, 3.63) is 59.9 Å². The van der Waals surface area contributed by atoms with Gasteiger partial charge in [-0.2, -0.15) is 4.31 Å². The van der Waals surface area contributed by atoms with E-state index in [2.05, 4.69) is 0 Å². The lowest BCUT2D eigenvalue weighted by atomic mass is 9.98. The highest BCUT2D eigenvalue weighted by atomic mass is 32.2. The van der Waals surface area contributed by atoms with Gasteiger partial charge in [-0.1, -0.05) is 30.3 Å². The van der Waals surface area contributed by atoms with Crippen LogP contribution in [-0.2, 0) is 21.4 Å². The van der Waals surface area contributed by atoms with Crippen molar-refractivity contribution >= 4 is 15.9 Å². The summed E-state index contributed by atoms with van der Waals surface area (Å²) in [4.78, 5) is 14.3. The second-order valence-electron chi connectivity index (χ2n) is 7.18. The summed E-state index contributed by atoms with van der Waals surface area (Å²) in [5.41, 5.74) is 1.01. The Morgan fingerprint density at radius 3 is 2.66 bits per heavy atom. The van der Waals surface area contributed by atoms with E-state index < -0.39 is 21.8 Å². The Morgan fingerprint density at radius 2 is 1.97 bits per heavy atom. The largest absolute Gasteiger partial charge is 0.495 e. The molecule has 1 atom stereocenters. The van der Waals surface area contributed by atoms with Gasteiger partial charge in [-0.3, -0.25) is 4.79 Å². The minimum atomic E-state index is -3.98. The van der Waals surface area contributed by atoms with Crippen LogP contribution in [0.15, 0.2) is 53.4 Å². The summed E-state index contributed by atoms with van der Waals surface area (Å²) < 4.78 is 46.3. The molecule has 2 aromatic carbocycles. The summed E-state index contributed by atoms with van der Waals surface area (Å²) in [5.74, 6) is -1.11. The van der Waals surface area contributed by atoms with E-state index in [0.29, 0.717) is 19.4 Å². The van der Waals surface area contributed by atoms with Crippen molar-refractivity contribution in [2.24, 2.45) is 5.92 Å². The number of carbonyl (C=O) groups excluding carboxylic acids is 1. The number of piperidine rings is 1. The first-order chi connectivity index (χ1) is 13.8. The number of methoxy groups -OCH3 is 1. The maximum absolute atomic E-state index is 13.7. The molecule has 0 aliphatic carbocycles. The number of nitrogens with zero attached hydrogens (tertiary/aromatic N) is 2. The second-order valence-corrected chi connectivity index (χ2v) is 9.08. The maximum Gasteiger partial charge on any atom is 0.246 e. The molecule has 3 rings (SSSR count). The van der Waals surface area contributed by atoms with E-state index in [1.807, 2.05) is 30.3 Å². The molecule has 0 spiro atoms. The third-order valence-corrected chi connectivity index (χ3v) is 7.00. The molecule has 1 saturated heterocycles. The van der Waals surface area contributed by atoms with Crippen LogP contribution in [0.2, 0.25) is 0 Å². The zero-order valence-electron chi connectivity index (χ0n) is 16.5. The molecular formula is C21H25FN2O4S. The summed E-state index contributed by atoms with van der Waals surface area (Å²) in [6.45, 7) is 0.814. The average molecular weight is 421 g/mol. The Balaban J connectivity index is 1.76. The number of rotatable bonds is 6. The zero-order valence-corrected chi connectivity index (χ0v) is 17.4. The summed E-state index contributed by atoms with van der Waals surface area (Å²) in [6, 6.07) is 13.0. The lowest BCUT2D eigenvalue weighted by Crippen LogP contribution is -2.45. The van der Waals surface area contributed by atoms with Crippen LogP contribution in [0.1, 0.15) is 18.4 Å². The molecule has 1 aliphatic rings. The summed E-state index contributed by atoms with van der Waals surface area (Å²) >= 11 is 0. The second kappa shape index (κ2) is 8.92. The van der Waals surface area contributed by atoms with Gasteiger partial charge < -0.3 is 9.64 Å². The number of ether oxygens (including phenoxy) is 1. The van der Waals surface area contributed by atoms with Gasteiger partial charge in [-0.05, 0) is 36.6 Å². The van der Waals surface area contributed by atoms with Gasteiger partial charge in [0.25, 0.3) is 0 Å². The molecule has 156 valence electrons. The molecule has 1 aliphatic heterocycles. The highest BCUT2D eigenvalue weighted by molar-refractivity contribution is 7.89. The SMILES string of the molecule is COc1ccc(F)cc1S(=O)(=O)N1CCC[C@H](C(=O)N(C)Cc2ccccc2)C1. The Morgan fingerprint density at radius 1 is 1.24 bits per heavy atom. The molecule has 0 N–H and O–H groups in total. The van der Waals surface area contributed by atoms with Crippen molar-refractivity contribution in [3.63, 3.8) is 0 Å². The number of benzene rings is 2. The van der Waals surface area contributed by atoms with Crippen molar-refractivity contribution in [2.75, 3.05) is 27.2 Å². The van der Waals surface area contributed by atoms with Gasteiger partial charge in [0.2, 0.25) is 15.9 Å². The topological polar surface area (TPSA) is 66.9 Å². The quantitative estimate of drug-likeness (QED) is 0.721. The Bertz CT molecular complexity index is 966. The minimum absolute atomic E-state index is 0.0694. The van der Waals surface area contributed by atoms with Gasteiger partial charge >= 0.3 is 0 Å². The molecule has 1 heterocycles. The standard InChI is InChI=1S/C21H25FN2O4S/c1-23(14-16-7-4-3-5-8-16)21(25)17-9-6-12-24(15-17)29(26,27)20-13-18(22)10-11-19(20)28-2/h3-5,7-8,10-11,13,17H,6,9,12,14-15H2,1-2H3/t17-/m0/s1. The normalized spacial score (nSPS) is 17.7. The monoisotopic (exact) mass is 420 g/mol. The first kappa shape index (κ1) is 21.3. The number of hydrogen-bond donors (Lipinski definition) is 0. The van der Waals surface area contributed by atoms with E-state index in [9.17, 15) is 17.6 Å². The van der Waals surface area contributed by atoms with Crippen molar-refractivity contribution < 1.29 is 22.3 Å². The molecule has 29 heavy (non-hydrogen) atoms. The molecule has 0 aromatic heterocycles. The number of amides is 1. The average Bonchev–Trinajstić information content (AvgIpc) is 2.74. The van der Waals surface area contributed by atoms with Gasteiger partial charge in [-0.25, -0.2) is 12.8 Å². The van der Waals surface area contributed by atoms with Crippen LogP contribution in [0.4, 0.5) is 4.39 Å². The molecule has 1 amide bonds. The van der Waals surface area contributed by atoms with Crippen LogP contribution in [0, 0.1) is 11.7 Å². The third-order valence-electron chi connectivity index (χ3n) is 5.12. The molecule has 8 heteroatoms. The number of carbonyl (C=O) groups is 1. The van der Waals surface area contributed by atoms with E-state index in [1.54, 1.807) is 11.9 Å². The Kier molecular flexibility index (Phi) is 6.54. The Labute approximate surface area is 170 Å². The van der Waals surface area contributed by atoms with E-state index in [-0.39, 0.29) is 29.6 Å². The molecule has 0 unspecified atom stereocenters. The molecule has 0 saturated carbocycles. The fourth-order valence-electron chi connectivity index (χ4n) is 3.60. The third kappa shape index (κ3) is 4.76. The van der Waals surface area contributed by atoms with E-state index in [4.69, 9.17) is 4.74 Å². The van der Waals surface area contributed by atoms with Crippen LogP contribution in [0.5, 0.6) is 5.75 Å². The fourth-order valence-corrected chi connectivity index (χ4v) is 5.29. The smallest absolute Gasteiger partial charge is 0.246 e. The van der Waals surface area contributed by atoms with Gasteiger partial charge in [-0.15, -0.1) is 0 Å². The van der Waals surface area contributed by atoms with Gasteiger partial charge in [0.05, 0.1) is 13.0 Å². The van der Waals surface area contributed by atoms with E-state index >= 15 is 0 Å². The highest BCUT2D eigenvalue weighted by Crippen LogP contribution is 2.31. The maximum atomic E-state index is 13.7. The molecular weight excluding hydrogens is 395 g/mol. The molecule has 2 aromatic rings. The number of sulfonamides is 1. The van der Waals surface area contributed by atoms with E-state index in [1.165, 1.54) is 17.5 Å². The first-order valence-electron chi connectivity index (χ1n) is 9.45. The van der Waals surface area contributed by atoms with Gasteiger partial charge in [0, 0.05) is 26.7 Å². The van der Waals surface area contributed by atoms with Crippen molar-refractivity contribution in [1.29, 1.82) is 0 Å². The lowest BCUT2D eigenvalue weighted by Gasteiger charge is -2.33. The number of hydrogen-bond acceptors (Lipinski definition) is 4. The molecule has 0 radical (unpaired) electrons. The lowest BCUT2D eigenvalue weighted by molar-refractivity contribution is -0.135. The Hall–Kier alpha value is -2.45. The predicted molar refractivity (Wildman–Crippen MR) is 107 cm³/mol. The summed E-state index contributed by atoms with van der Waals surface area (Å²) in [7, 11) is -0.919. The van der Waals surface area contributed by atoms with Crippen LogP contribution in [0.3, 0.4) is 0 Å². The summed E-state index contributed by atoms with van der Waals surface area (Å²) in [6.07, 6.45) is 1.18. The molecule has 1 fully saturated rings. The molecule has 6 nitrogen and oxygen atoms in total. The first-order valence-corrected chi connectivity index (χ1v) is 10.9. The van der Waals surface area contributed by atoms with Crippen molar-refractivity contribution in [2.45, 2.75) is 24.3 Å². The van der Waals surface area contributed by atoms with Crippen molar-refractivity contribution in [1.82, 2.24) is 9.21 Å². The van der Waals surface area contributed by atoms with Gasteiger partial charge in [0.1, 0.15) is 16.5 Å². The fraction of sp³-hybridized carbons (Fsp3) is 0.381. The van der Waals surface area contributed by atoms with Crippen LogP contribution in [0.25, 0.3) is 0 Å². The summed E-state index contributed by atoms with van der Waals surface area (Å²) in [5, 5.41) is 0. The van der Waals surface area contributed by atoms with E-state index in [0.717, 1.165) is 17.7 Å². The van der Waals surface area contributed by atoms with Crippen LogP contribution < -0.4 is 4.74 Å². The zero-order chi connectivity index (χ0) is 21.0. The predicted octanol–water partition coefficient (Wildman–Crippen LogP) is 2.89. The van der Waals surface area contributed by atoms with Crippen LogP contribution >= 0.6 is 0 Å². The van der Waals surface area contributed by atoms with Crippen LogP contribution in [-0.4, -0.2) is 50.8 Å². The molecule has 0 bridgehead atoms. The number of halogens is 1. The van der Waals surface area contributed by atoms with Gasteiger partial charge in [0.15, 0.2) is 0 Å². The van der Waals surface area contributed by atoms with Crippen molar-refractivity contribution in [3.8, 4) is 5.75 Å². The highest BCUT2D eigenvalue weighted by Gasteiger charge is 2.36.